The van der Waals surface area contributed by atoms with Gasteiger partial charge in [0.05, 0.1) is 9.81 Å². The Labute approximate surface area is 118 Å². The molecular weight excluding hydrogens is 262 g/mol. The summed E-state index contributed by atoms with van der Waals surface area (Å²) in [6, 6.07) is 2.62. The molecule has 1 aliphatic heterocycles. The van der Waals surface area contributed by atoms with Crippen molar-refractivity contribution in [1.29, 1.82) is 0 Å². The smallest absolute Gasteiger partial charge is 0.0766 e. The first-order valence-corrected chi connectivity index (χ1v) is 8.36. The summed E-state index contributed by atoms with van der Waals surface area (Å²) >= 11 is 3.81. The van der Waals surface area contributed by atoms with Gasteiger partial charge in [0.15, 0.2) is 0 Å². The van der Waals surface area contributed by atoms with Crippen molar-refractivity contribution in [1.82, 2.24) is 5.32 Å². The quantitative estimate of drug-likeness (QED) is 0.885. The monoisotopic (exact) mass is 285 g/mol. The number of hydrogen-bond acceptors (Lipinski definition) is 4. The van der Waals surface area contributed by atoms with Gasteiger partial charge in [0.25, 0.3) is 0 Å². The van der Waals surface area contributed by atoms with E-state index in [1.807, 2.05) is 30.0 Å². The first kappa shape index (κ1) is 14.4. The molecule has 2 rings (SSSR count). The lowest BCUT2D eigenvalue weighted by Crippen LogP contribution is -2.44. The summed E-state index contributed by atoms with van der Waals surface area (Å²) in [5, 5.41) is 16.7. The second-order valence-corrected chi connectivity index (χ2v) is 8.40. The topological polar surface area (TPSA) is 32.3 Å². The van der Waals surface area contributed by atoms with Crippen LogP contribution in [0.5, 0.6) is 0 Å². The Balaban J connectivity index is 2.03. The van der Waals surface area contributed by atoms with E-state index in [-0.39, 0.29) is 5.92 Å². The van der Waals surface area contributed by atoms with Gasteiger partial charge in [0.1, 0.15) is 0 Å². The minimum absolute atomic E-state index is 0.266. The number of rotatable bonds is 4. The summed E-state index contributed by atoms with van der Waals surface area (Å²) in [6.45, 7) is 8.99. The van der Waals surface area contributed by atoms with Gasteiger partial charge in [-0.15, -0.1) is 23.1 Å². The standard InChI is InChI=1S/C14H23NOS2/c1-9(2)14(4,16)8-15-12-7-10(3)18-13-11(12)5-6-17-13/h5-6,9-10,12,15-16H,7-8H2,1-4H3/t10-,12?,14?/m0/s1. The van der Waals surface area contributed by atoms with Crippen LogP contribution < -0.4 is 5.32 Å². The Kier molecular flexibility index (Phi) is 4.42. The van der Waals surface area contributed by atoms with Crippen LogP contribution in [0, 0.1) is 5.92 Å². The average molecular weight is 285 g/mol. The van der Waals surface area contributed by atoms with E-state index < -0.39 is 5.60 Å². The molecule has 1 aromatic heterocycles. The normalized spacial score (nSPS) is 27.0. The maximum Gasteiger partial charge on any atom is 0.0766 e. The van der Waals surface area contributed by atoms with Crippen LogP contribution in [0.25, 0.3) is 0 Å². The van der Waals surface area contributed by atoms with Crippen molar-refractivity contribution in [2.75, 3.05) is 6.54 Å². The van der Waals surface area contributed by atoms with Crippen LogP contribution in [-0.4, -0.2) is 22.5 Å². The highest BCUT2D eigenvalue weighted by molar-refractivity contribution is 8.01. The molecule has 1 aromatic rings. The fraction of sp³-hybridized carbons (Fsp3) is 0.714. The SMILES string of the molecule is CC(C)C(C)(O)CNC1C[C@H](C)Sc2sccc21. The van der Waals surface area contributed by atoms with E-state index in [9.17, 15) is 5.11 Å². The zero-order valence-electron chi connectivity index (χ0n) is 11.6. The molecule has 2 unspecified atom stereocenters. The van der Waals surface area contributed by atoms with E-state index in [2.05, 4.69) is 37.5 Å². The molecule has 2 N–H and O–H groups in total. The van der Waals surface area contributed by atoms with Crippen molar-refractivity contribution in [3.8, 4) is 0 Å². The van der Waals surface area contributed by atoms with Gasteiger partial charge in [-0.2, -0.15) is 0 Å². The second kappa shape index (κ2) is 5.53. The molecule has 0 amide bonds. The van der Waals surface area contributed by atoms with E-state index in [0.29, 0.717) is 17.8 Å². The number of aliphatic hydroxyl groups is 1. The van der Waals surface area contributed by atoms with Crippen LogP contribution in [0.4, 0.5) is 0 Å². The highest BCUT2D eigenvalue weighted by Crippen LogP contribution is 2.43. The molecule has 0 saturated carbocycles. The maximum absolute atomic E-state index is 10.3. The number of fused-ring (bicyclic) bond motifs is 1. The van der Waals surface area contributed by atoms with E-state index in [1.54, 1.807) is 0 Å². The molecule has 4 heteroatoms. The Morgan fingerprint density at radius 3 is 2.94 bits per heavy atom. The van der Waals surface area contributed by atoms with Crippen LogP contribution in [0.3, 0.4) is 0 Å². The molecular formula is C14H23NOS2. The number of thioether (sulfide) groups is 1. The van der Waals surface area contributed by atoms with Crippen molar-refractivity contribution >= 4 is 23.1 Å². The van der Waals surface area contributed by atoms with Gasteiger partial charge in [-0.3, -0.25) is 0 Å². The molecule has 1 aliphatic rings. The van der Waals surface area contributed by atoms with Crippen LogP contribution in [0.2, 0.25) is 0 Å². The molecule has 0 aromatic carbocycles. The molecule has 0 spiro atoms. The van der Waals surface area contributed by atoms with E-state index >= 15 is 0 Å². The van der Waals surface area contributed by atoms with E-state index in [4.69, 9.17) is 0 Å². The lowest BCUT2D eigenvalue weighted by atomic mass is 9.91. The lowest BCUT2D eigenvalue weighted by molar-refractivity contribution is 0.0114. The second-order valence-electron chi connectivity index (χ2n) is 5.77. The minimum Gasteiger partial charge on any atom is -0.389 e. The van der Waals surface area contributed by atoms with Crippen molar-refractivity contribution in [3.63, 3.8) is 0 Å². The number of thiophene rings is 1. The fourth-order valence-electron chi connectivity index (χ4n) is 2.08. The highest BCUT2D eigenvalue weighted by atomic mass is 32.2. The molecule has 0 bridgehead atoms. The first-order chi connectivity index (χ1) is 8.40. The summed E-state index contributed by atoms with van der Waals surface area (Å²) in [5.74, 6) is 0.266. The molecule has 0 fully saturated rings. The van der Waals surface area contributed by atoms with Crippen LogP contribution in [0.15, 0.2) is 15.7 Å². The zero-order valence-corrected chi connectivity index (χ0v) is 13.2. The molecule has 102 valence electrons. The van der Waals surface area contributed by atoms with Gasteiger partial charge in [-0.1, -0.05) is 20.8 Å². The Morgan fingerprint density at radius 1 is 1.56 bits per heavy atom. The van der Waals surface area contributed by atoms with Gasteiger partial charge in [0, 0.05) is 17.8 Å². The van der Waals surface area contributed by atoms with Crippen molar-refractivity contribution in [3.05, 3.63) is 17.0 Å². The fourth-order valence-corrected chi connectivity index (χ4v) is 4.64. The number of hydrogen-bond donors (Lipinski definition) is 2. The Bertz CT molecular complexity index is 400. The molecule has 0 radical (unpaired) electrons. The predicted molar refractivity (Wildman–Crippen MR) is 80.5 cm³/mol. The summed E-state index contributed by atoms with van der Waals surface area (Å²) in [5.41, 5.74) is 0.784. The van der Waals surface area contributed by atoms with Gasteiger partial charge < -0.3 is 10.4 Å². The molecule has 0 saturated heterocycles. The molecule has 2 nitrogen and oxygen atoms in total. The Hall–Kier alpha value is -0.0300. The summed E-state index contributed by atoms with van der Waals surface area (Å²) in [7, 11) is 0. The van der Waals surface area contributed by atoms with Gasteiger partial charge in [0.2, 0.25) is 0 Å². The van der Waals surface area contributed by atoms with Gasteiger partial charge in [-0.25, -0.2) is 0 Å². The summed E-state index contributed by atoms with van der Waals surface area (Å²) < 4.78 is 1.44. The summed E-state index contributed by atoms with van der Waals surface area (Å²) in [6.07, 6.45) is 1.14. The molecule has 0 aliphatic carbocycles. The van der Waals surface area contributed by atoms with Crippen molar-refractivity contribution in [2.24, 2.45) is 5.92 Å². The Morgan fingerprint density at radius 2 is 2.28 bits per heavy atom. The maximum atomic E-state index is 10.3. The van der Waals surface area contributed by atoms with Crippen molar-refractivity contribution in [2.45, 2.75) is 55.2 Å². The predicted octanol–water partition coefficient (Wildman–Crippen LogP) is 3.67. The third-order valence-corrected chi connectivity index (χ3v) is 6.20. The minimum atomic E-state index is -0.635. The largest absolute Gasteiger partial charge is 0.389 e. The molecule has 18 heavy (non-hydrogen) atoms. The van der Waals surface area contributed by atoms with Crippen LogP contribution >= 0.6 is 23.1 Å². The van der Waals surface area contributed by atoms with Gasteiger partial charge in [-0.05, 0) is 36.3 Å². The first-order valence-electron chi connectivity index (χ1n) is 6.60. The third-order valence-electron chi connectivity index (χ3n) is 3.86. The zero-order chi connectivity index (χ0) is 13.3. The molecule has 2 heterocycles. The highest BCUT2D eigenvalue weighted by Gasteiger charge is 2.30. The van der Waals surface area contributed by atoms with Gasteiger partial charge >= 0.3 is 0 Å². The summed E-state index contributed by atoms with van der Waals surface area (Å²) in [4.78, 5) is 0. The van der Waals surface area contributed by atoms with Crippen LogP contribution in [0.1, 0.15) is 45.7 Å². The third kappa shape index (κ3) is 3.10. The van der Waals surface area contributed by atoms with Crippen LogP contribution in [-0.2, 0) is 0 Å². The number of nitrogens with one attached hydrogen (secondary N) is 1. The van der Waals surface area contributed by atoms with E-state index in [1.165, 1.54) is 9.77 Å². The average Bonchev–Trinajstić information content (AvgIpc) is 2.73. The lowest BCUT2D eigenvalue weighted by Gasteiger charge is -2.33. The van der Waals surface area contributed by atoms with Crippen molar-refractivity contribution < 1.29 is 5.11 Å². The van der Waals surface area contributed by atoms with E-state index in [0.717, 1.165) is 6.42 Å². The molecule has 3 atom stereocenters.